The molecule has 1 saturated heterocycles. The summed E-state index contributed by atoms with van der Waals surface area (Å²) in [7, 11) is -3.51. The lowest BCUT2D eigenvalue weighted by Gasteiger charge is -2.25. The summed E-state index contributed by atoms with van der Waals surface area (Å²) in [5.74, 6) is -0.122. The fraction of sp³-hybridized carbons (Fsp3) is 0.600. The molecule has 0 atom stereocenters. The molecule has 10 heteroatoms. The molecule has 0 bridgehead atoms. The van der Waals surface area contributed by atoms with Gasteiger partial charge < -0.3 is 10.2 Å². The molecule has 1 aliphatic carbocycles. The Balaban J connectivity index is 1.59. The van der Waals surface area contributed by atoms with Gasteiger partial charge in [0.05, 0.1) is 15.6 Å². The lowest BCUT2D eigenvalue weighted by molar-refractivity contribution is -0.123. The Morgan fingerprint density at radius 3 is 2.68 bits per heavy atom. The third kappa shape index (κ3) is 3.44. The number of fused-ring (bicyclic) bond motifs is 1. The van der Waals surface area contributed by atoms with Gasteiger partial charge >= 0.3 is 0 Å². The van der Waals surface area contributed by atoms with Crippen LogP contribution in [0.1, 0.15) is 25.7 Å². The Kier molecular flexibility index (Phi) is 4.55. The molecule has 1 aromatic heterocycles. The zero-order valence-electron chi connectivity index (χ0n) is 13.6. The van der Waals surface area contributed by atoms with Crippen LogP contribution >= 0.6 is 23.1 Å². The van der Waals surface area contributed by atoms with E-state index in [0.29, 0.717) is 18.8 Å². The fourth-order valence-electron chi connectivity index (χ4n) is 2.98. The number of anilines is 1. The highest BCUT2D eigenvalue weighted by Gasteiger charge is 2.35. The van der Waals surface area contributed by atoms with Gasteiger partial charge in [-0.3, -0.25) is 9.59 Å². The maximum Gasteiger partial charge on any atom is 0.252 e. The van der Waals surface area contributed by atoms with Crippen molar-refractivity contribution < 1.29 is 18.0 Å². The average Bonchev–Trinajstić information content (AvgIpc) is 3.06. The predicted molar refractivity (Wildman–Crippen MR) is 96.6 cm³/mol. The zero-order valence-corrected chi connectivity index (χ0v) is 16.0. The first-order chi connectivity index (χ1) is 11.9. The standard InChI is InChI=1S/C15H19N3O4S3/c19-12(16-10-3-4-10)8-18-11-7-14(24-15(11)23-9-13(18)20)25(21,22)17-5-1-2-6-17/h7,10H,1-6,8-9H2,(H,16,19). The van der Waals surface area contributed by atoms with Gasteiger partial charge in [-0.25, -0.2) is 8.42 Å². The van der Waals surface area contributed by atoms with Crippen molar-refractivity contribution in [3.05, 3.63) is 6.07 Å². The fourth-order valence-corrected chi connectivity index (χ4v) is 7.41. The Hall–Kier alpha value is -1.10. The SMILES string of the molecule is O=C(CN1C(=O)CSc2sc(S(=O)(=O)N3CCCC3)cc21)NC1CC1. The minimum atomic E-state index is -3.51. The Morgan fingerprint density at radius 2 is 2.00 bits per heavy atom. The van der Waals surface area contributed by atoms with E-state index in [1.54, 1.807) is 6.07 Å². The van der Waals surface area contributed by atoms with E-state index in [1.165, 1.54) is 32.3 Å². The summed E-state index contributed by atoms with van der Waals surface area (Å²) >= 11 is 2.54. The smallest absolute Gasteiger partial charge is 0.252 e. The number of thioether (sulfide) groups is 1. The van der Waals surface area contributed by atoms with Crippen LogP contribution in [0.15, 0.2) is 14.5 Å². The highest BCUT2D eigenvalue weighted by atomic mass is 32.3. The van der Waals surface area contributed by atoms with Crippen LogP contribution in [0.5, 0.6) is 0 Å². The number of amides is 2. The lowest BCUT2D eigenvalue weighted by atomic mass is 10.3. The first-order valence-electron chi connectivity index (χ1n) is 8.31. The molecule has 0 aromatic carbocycles. The molecule has 2 aliphatic heterocycles. The first kappa shape index (κ1) is 17.3. The number of rotatable bonds is 5. The minimum Gasteiger partial charge on any atom is -0.352 e. The van der Waals surface area contributed by atoms with Crippen LogP contribution < -0.4 is 10.2 Å². The van der Waals surface area contributed by atoms with Crippen LogP contribution in [0.4, 0.5) is 5.69 Å². The molecule has 136 valence electrons. The van der Waals surface area contributed by atoms with E-state index in [2.05, 4.69) is 5.32 Å². The van der Waals surface area contributed by atoms with Crippen molar-refractivity contribution in [2.45, 2.75) is 40.1 Å². The van der Waals surface area contributed by atoms with Crippen LogP contribution in [0, 0.1) is 0 Å². The largest absolute Gasteiger partial charge is 0.352 e. The number of nitrogens with zero attached hydrogens (tertiary/aromatic N) is 2. The summed E-state index contributed by atoms with van der Waals surface area (Å²) < 4.78 is 28.1. The van der Waals surface area contributed by atoms with Gasteiger partial charge in [0.1, 0.15) is 10.8 Å². The second kappa shape index (κ2) is 6.57. The summed E-state index contributed by atoms with van der Waals surface area (Å²) in [6.07, 6.45) is 3.73. The minimum absolute atomic E-state index is 0.0527. The van der Waals surface area contributed by atoms with E-state index in [1.807, 2.05) is 0 Å². The van der Waals surface area contributed by atoms with Crippen molar-refractivity contribution >= 4 is 50.6 Å². The number of thiophene rings is 1. The predicted octanol–water partition coefficient (Wildman–Crippen LogP) is 1.25. The van der Waals surface area contributed by atoms with E-state index in [0.717, 1.165) is 29.9 Å². The second-order valence-corrected chi connectivity index (χ2v) is 10.9. The summed E-state index contributed by atoms with van der Waals surface area (Å²) in [5, 5.41) is 2.87. The number of carbonyl (C=O) groups excluding carboxylic acids is 2. The zero-order chi connectivity index (χ0) is 17.6. The van der Waals surface area contributed by atoms with E-state index < -0.39 is 10.0 Å². The van der Waals surface area contributed by atoms with E-state index >= 15 is 0 Å². The highest BCUT2D eigenvalue weighted by molar-refractivity contribution is 8.02. The summed E-state index contributed by atoms with van der Waals surface area (Å²) in [4.78, 5) is 25.8. The van der Waals surface area contributed by atoms with E-state index in [9.17, 15) is 18.0 Å². The molecule has 0 spiro atoms. The third-order valence-electron chi connectivity index (χ3n) is 4.48. The number of sulfonamides is 1. The summed E-state index contributed by atoms with van der Waals surface area (Å²) in [6, 6.07) is 1.79. The maximum absolute atomic E-state index is 12.8. The van der Waals surface area contributed by atoms with Crippen LogP contribution in [-0.2, 0) is 19.6 Å². The van der Waals surface area contributed by atoms with Gasteiger partial charge in [-0.2, -0.15) is 4.31 Å². The number of hydrogen-bond acceptors (Lipinski definition) is 6. The molecular weight excluding hydrogens is 382 g/mol. The van der Waals surface area contributed by atoms with Crippen molar-refractivity contribution in [2.75, 3.05) is 30.3 Å². The van der Waals surface area contributed by atoms with Crippen LogP contribution in [-0.4, -0.2) is 56.0 Å². The van der Waals surface area contributed by atoms with E-state index in [4.69, 9.17) is 0 Å². The van der Waals surface area contributed by atoms with Gasteiger partial charge in [0.15, 0.2) is 0 Å². The monoisotopic (exact) mass is 401 g/mol. The Morgan fingerprint density at radius 1 is 1.28 bits per heavy atom. The molecule has 2 amide bonds. The van der Waals surface area contributed by atoms with Gasteiger partial charge in [0.25, 0.3) is 10.0 Å². The van der Waals surface area contributed by atoms with Crippen molar-refractivity contribution in [1.29, 1.82) is 0 Å². The van der Waals surface area contributed by atoms with Crippen molar-refractivity contribution in [2.24, 2.45) is 0 Å². The average molecular weight is 402 g/mol. The molecule has 0 unspecified atom stereocenters. The van der Waals surface area contributed by atoms with Crippen LogP contribution in [0.2, 0.25) is 0 Å². The van der Waals surface area contributed by atoms with Gasteiger partial charge in [0, 0.05) is 19.1 Å². The molecule has 1 saturated carbocycles. The summed E-state index contributed by atoms with van der Waals surface area (Å²) in [6.45, 7) is 1.04. The van der Waals surface area contributed by atoms with Gasteiger partial charge in [-0.1, -0.05) is 0 Å². The Bertz CT molecular complexity index is 810. The molecule has 1 N–H and O–H groups in total. The van der Waals surface area contributed by atoms with Crippen molar-refractivity contribution in [3.63, 3.8) is 0 Å². The highest BCUT2D eigenvalue weighted by Crippen LogP contribution is 2.44. The van der Waals surface area contributed by atoms with Gasteiger partial charge in [-0.15, -0.1) is 23.1 Å². The third-order valence-corrected chi connectivity index (χ3v) is 9.21. The first-order valence-corrected chi connectivity index (χ1v) is 11.6. The van der Waals surface area contributed by atoms with Crippen molar-refractivity contribution in [1.82, 2.24) is 9.62 Å². The number of carbonyl (C=O) groups is 2. The molecule has 3 aliphatic rings. The normalized spacial score (nSPS) is 21.4. The van der Waals surface area contributed by atoms with Crippen LogP contribution in [0.3, 0.4) is 0 Å². The molecule has 3 heterocycles. The molecule has 4 rings (SSSR count). The maximum atomic E-state index is 12.8. The molecular formula is C15H19N3O4S3. The topological polar surface area (TPSA) is 86.8 Å². The molecule has 2 fully saturated rings. The Labute approximate surface area is 154 Å². The molecule has 25 heavy (non-hydrogen) atoms. The van der Waals surface area contributed by atoms with Gasteiger partial charge in [0.2, 0.25) is 11.8 Å². The second-order valence-electron chi connectivity index (χ2n) is 6.46. The van der Waals surface area contributed by atoms with Crippen LogP contribution in [0.25, 0.3) is 0 Å². The number of nitrogens with one attached hydrogen (secondary N) is 1. The van der Waals surface area contributed by atoms with E-state index in [-0.39, 0.29) is 34.4 Å². The quantitative estimate of drug-likeness (QED) is 0.802. The molecule has 1 aromatic rings. The molecule has 0 radical (unpaired) electrons. The number of hydrogen-bond donors (Lipinski definition) is 1. The van der Waals surface area contributed by atoms with Crippen molar-refractivity contribution in [3.8, 4) is 0 Å². The molecule has 7 nitrogen and oxygen atoms in total. The lowest BCUT2D eigenvalue weighted by Crippen LogP contribution is -2.43. The summed E-state index contributed by atoms with van der Waals surface area (Å²) in [5.41, 5.74) is 0.551. The van der Waals surface area contributed by atoms with Gasteiger partial charge in [-0.05, 0) is 31.7 Å².